The molecule has 1 aromatic carbocycles. The largest absolute Gasteiger partial charge is 0.480 e. The summed E-state index contributed by atoms with van der Waals surface area (Å²) in [5, 5.41) is 11.4. The molecule has 1 atom stereocenters. The first kappa shape index (κ1) is 19.1. The number of nitrogens with one attached hydrogen (secondary N) is 1. The van der Waals surface area contributed by atoms with E-state index in [4.69, 9.17) is 5.11 Å². The van der Waals surface area contributed by atoms with Crippen LogP contribution in [0.4, 0.5) is 0 Å². The number of nitrogens with zero attached hydrogens (tertiary/aromatic N) is 2. The van der Waals surface area contributed by atoms with Crippen LogP contribution in [0, 0.1) is 0 Å². The number of carbonyl (C=O) groups excluding carboxylic acids is 4. The van der Waals surface area contributed by atoms with E-state index < -0.39 is 23.8 Å². The molecule has 4 rings (SSSR count). The van der Waals surface area contributed by atoms with E-state index in [0.717, 1.165) is 19.3 Å². The van der Waals surface area contributed by atoms with Crippen molar-refractivity contribution in [1.82, 2.24) is 15.1 Å². The van der Waals surface area contributed by atoms with Gasteiger partial charge in [-0.3, -0.25) is 29.3 Å². The van der Waals surface area contributed by atoms with E-state index in [2.05, 4.69) is 5.32 Å². The Labute approximate surface area is 166 Å². The lowest BCUT2D eigenvalue weighted by Crippen LogP contribution is -2.52. The third-order valence-electron chi connectivity index (χ3n) is 5.86. The summed E-state index contributed by atoms with van der Waals surface area (Å²) in [6, 6.07) is 3.94. The Bertz CT molecular complexity index is 923. The third-order valence-corrected chi connectivity index (χ3v) is 5.86. The first-order valence-corrected chi connectivity index (χ1v) is 9.65. The molecule has 1 saturated carbocycles. The van der Waals surface area contributed by atoms with Crippen LogP contribution < -0.4 is 5.32 Å². The molecular formula is C20H21N3O6. The highest BCUT2D eigenvalue weighted by Crippen LogP contribution is 2.30. The molecule has 1 saturated heterocycles. The van der Waals surface area contributed by atoms with Gasteiger partial charge in [-0.05, 0) is 43.4 Å². The number of hydrogen-bond donors (Lipinski definition) is 2. The standard InChI is InChI=1S/C20H21N3O6/c24-16-7-6-15(18(27)21-16)23-9-12-5-4-11(8-14(12)20(23)29)19(28)22(10-17(25)26)13-2-1-3-13/h4-5,8,13,15H,1-3,6-7,9-10H2,(H,25,26)(H,21,24,27). The minimum atomic E-state index is -1.08. The molecule has 1 aromatic rings. The molecule has 152 valence electrons. The highest BCUT2D eigenvalue weighted by molar-refractivity contribution is 6.06. The lowest BCUT2D eigenvalue weighted by Gasteiger charge is -2.36. The number of aliphatic carboxylic acids is 1. The van der Waals surface area contributed by atoms with Crippen LogP contribution in [0.15, 0.2) is 18.2 Å². The van der Waals surface area contributed by atoms with Gasteiger partial charge in [0.15, 0.2) is 0 Å². The van der Waals surface area contributed by atoms with E-state index in [0.29, 0.717) is 11.1 Å². The Morgan fingerprint density at radius 2 is 1.93 bits per heavy atom. The zero-order valence-electron chi connectivity index (χ0n) is 15.7. The van der Waals surface area contributed by atoms with Crippen LogP contribution in [-0.4, -0.2) is 63.1 Å². The summed E-state index contributed by atoms with van der Waals surface area (Å²) in [7, 11) is 0. The first-order chi connectivity index (χ1) is 13.8. The topological polar surface area (TPSA) is 124 Å². The lowest BCUT2D eigenvalue weighted by molar-refractivity contribution is -0.139. The number of imide groups is 1. The van der Waals surface area contributed by atoms with Gasteiger partial charge >= 0.3 is 5.97 Å². The first-order valence-electron chi connectivity index (χ1n) is 9.65. The van der Waals surface area contributed by atoms with Crippen LogP contribution >= 0.6 is 0 Å². The van der Waals surface area contributed by atoms with Gasteiger partial charge in [0, 0.05) is 30.1 Å². The number of amides is 4. The molecule has 2 N–H and O–H groups in total. The molecule has 9 nitrogen and oxygen atoms in total. The SMILES string of the molecule is O=C(O)CN(C(=O)c1ccc2c(c1)C(=O)N(C1CCC(=O)NC1=O)C2)C1CCC1. The van der Waals surface area contributed by atoms with E-state index in [1.165, 1.54) is 15.9 Å². The van der Waals surface area contributed by atoms with Crippen molar-refractivity contribution in [1.29, 1.82) is 0 Å². The second kappa shape index (κ2) is 7.31. The molecule has 2 heterocycles. The van der Waals surface area contributed by atoms with Gasteiger partial charge in [0.2, 0.25) is 11.8 Å². The van der Waals surface area contributed by atoms with Crippen LogP contribution in [-0.2, 0) is 20.9 Å². The molecular weight excluding hydrogens is 378 g/mol. The number of hydrogen-bond acceptors (Lipinski definition) is 5. The fraction of sp³-hybridized carbons (Fsp3) is 0.450. The summed E-state index contributed by atoms with van der Waals surface area (Å²) in [5.41, 5.74) is 1.30. The Kier molecular flexibility index (Phi) is 4.81. The average molecular weight is 399 g/mol. The molecule has 4 amide bonds. The quantitative estimate of drug-likeness (QED) is 0.696. The van der Waals surface area contributed by atoms with Crippen molar-refractivity contribution in [3.05, 3.63) is 34.9 Å². The number of piperidine rings is 1. The van der Waals surface area contributed by atoms with Gasteiger partial charge in [0.25, 0.3) is 11.8 Å². The Hall–Kier alpha value is -3.23. The number of carboxylic acids is 1. The fourth-order valence-corrected chi connectivity index (χ4v) is 4.06. The minimum Gasteiger partial charge on any atom is -0.480 e. The zero-order chi connectivity index (χ0) is 20.7. The summed E-state index contributed by atoms with van der Waals surface area (Å²) in [6.45, 7) is -0.146. The third kappa shape index (κ3) is 3.48. The Balaban J connectivity index is 1.56. The Morgan fingerprint density at radius 3 is 2.55 bits per heavy atom. The van der Waals surface area contributed by atoms with Crippen LogP contribution in [0.2, 0.25) is 0 Å². The van der Waals surface area contributed by atoms with Gasteiger partial charge in [0.05, 0.1) is 0 Å². The molecule has 0 bridgehead atoms. The molecule has 0 radical (unpaired) electrons. The van der Waals surface area contributed by atoms with E-state index in [9.17, 15) is 24.0 Å². The molecule has 2 aliphatic heterocycles. The van der Waals surface area contributed by atoms with E-state index in [-0.39, 0.29) is 49.4 Å². The fourth-order valence-electron chi connectivity index (χ4n) is 4.06. The smallest absolute Gasteiger partial charge is 0.323 e. The molecule has 2 fully saturated rings. The summed E-state index contributed by atoms with van der Waals surface area (Å²) >= 11 is 0. The second-order valence-electron chi connectivity index (χ2n) is 7.68. The van der Waals surface area contributed by atoms with Gasteiger partial charge < -0.3 is 14.9 Å². The van der Waals surface area contributed by atoms with Crippen molar-refractivity contribution in [2.45, 2.75) is 50.7 Å². The van der Waals surface area contributed by atoms with Gasteiger partial charge in [-0.2, -0.15) is 0 Å². The molecule has 9 heteroatoms. The number of carbonyl (C=O) groups is 5. The maximum Gasteiger partial charge on any atom is 0.323 e. The maximum absolute atomic E-state index is 12.9. The van der Waals surface area contributed by atoms with Gasteiger partial charge in [-0.15, -0.1) is 0 Å². The van der Waals surface area contributed by atoms with Crippen LogP contribution in [0.1, 0.15) is 58.4 Å². The summed E-state index contributed by atoms with van der Waals surface area (Å²) in [4.78, 5) is 63.3. The maximum atomic E-state index is 12.9. The summed E-state index contributed by atoms with van der Waals surface area (Å²) in [6.07, 6.45) is 2.94. The highest BCUT2D eigenvalue weighted by atomic mass is 16.4. The predicted molar refractivity (Wildman–Crippen MR) is 98.8 cm³/mol. The highest BCUT2D eigenvalue weighted by Gasteiger charge is 2.39. The van der Waals surface area contributed by atoms with Crippen molar-refractivity contribution < 1.29 is 29.1 Å². The van der Waals surface area contributed by atoms with Gasteiger partial charge in [-0.1, -0.05) is 6.07 Å². The Morgan fingerprint density at radius 1 is 1.17 bits per heavy atom. The lowest BCUT2D eigenvalue weighted by atomic mass is 9.90. The number of rotatable bonds is 5. The molecule has 1 aliphatic carbocycles. The molecule has 1 unspecified atom stereocenters. The van der Waals surface area contributed by atoms with Crippen LogP contribution in [0.25, 0.3) is 0 Å². The van der Waals surface area contributed by atoms with Crippen LogP contribution in [0.5, 0.6) is 0 Å². The van der Waals surface area contributed by atoms with Gasteiger partial charge in [-0.25, -0.2) is 0 Å². The van der Waals surface area contributed by atoms with Crippen molar-refractivity contribution in [3.8, 4) is 0 Å². The van der Waals surface area contributed by atoms with Crippen molar-refractivity contribution in [2.24, 2.45) is 0 Å². The predicted octanol–water partition coefficient (Wildman–Crippen LogP) is 0.527. The summed E-state index contributed by atoms with van der Waals surface area (Å²) < 4.78 is 0. The van der Waals surface area contributed by atoms with Crippen molar-refractivity contribution in [3.63, 3.8) is 0 Å². The van der Waals surface area contributed by atoms with E-state index >= 15 is 0 Å². The molecule has 0 spiro atoms. The minimum absolute atomic E-state index is 0.0949. The van der Waals surface area contributed by atoms with Gasteiger partial charge in [0.1, 0.15) is 12.6 Å². The van der Waals surface area contributed by atoms with Crippen molar-refractivity contribution in [2.75, 3.05) is 6.54 Å². The van der Waals surface area contributed by atoms with Crippen LogP contribution in [0.3, 0.4) is 0 Å². The molecule has 0 aromatic heterocycles. The number of carboxylic acid groups (broad SMARTS) is 1. The molecule has 3 aliphatic rings. The molecule has 29 heavy (non-hydrogen) atoms. The normalized spacial score (nSPS) is 21.4. The van der Waals surface area contributed by atoms with Crippen molar-refractivity contribution >= 4 is 29.6 Å². The number of fused-ring (bicyclic) bond motifs is 1. The second-order valence-corrected chi connectivity index (χ2v) is 7.68. The average Bonchev–Trinajstić information content (AvgIpc) is 2.95. The number of benzene rings is 1. The van der Waals surface area contributed by atoms with E-state index in [1.54, 1.807) is 12.1 Å². The summed E-state index contributed by atoms with van der Waals surface area (Å²) in [5.74, 6) is -2.69. The zero-order valence-corrected chi connectivity index (χ0v) is 15.7. The van der Waals surface area contributed by atoms with E-state index in [1.807, 2.05) is 0 Å². The monoisotopic (exact) mass is 399 g/mol.